The molecule has 0 saturated carbocycles. The average Bonchev–Trinajstić information content (AvgIpc) is 3.19. The molecule has 208 valence electrons. The number of nitrogens with zero attached hydrogens (tertiary/aromatic N) is 4. The van der Waals surface area contributed by atoms with Gasteiger partial charge in [0.25, 0.3) is 0 Å². The molecule has 0 fully saturated rings. The first kappa shape index (κ1) is 33.8. The van der Waals surface area contributed by atoms with E-state index in [0.717, 1.165) is 0 Å². The van der Waals surface area contributed by atoms with Crippen molar-refractivity contribution in [3.63, 3.8) is 0 Å². The fourth-order valence-electron chi connectivity index (χ4n) is 3.21. The van der Waals surface area contributed by atoms with Gasteiger partial charge >= 0.3 is 0 Å². The van der Waals surface area contributed by atoms with E-state index in [2.05, 4.69) is 60.6 Å². The van der Waals surface area contributed by atoms with Crippen molar-refractivity contribution in [1.29, 1.82) is 0 Å². The Bertz CT molecular complexity index is 1170. The van der Waals surface area contributed by atoms with Gasteiger partial charge in [-0.25, -0.2) is 37.3 Å². The Kier molecular flexibility index (Phi) is 13.2. The lowest BCUT2D eigenvalue weighted by atomic mass is 10.3. The zero-order valence-corrected chi connectivity index (χ0v) is 24.4. The zero-order valence-electron chi connectivity index (χ0n) is 21.2. The Morgan fingerprint density at radius 2 is 0.763 bits per heavy atom. The third kappa shape index (κ3) is 12.6. The number of hydrogen-bond donors (Lipinski definition) is 0. The molecule has 0 radical (unpaired) electrons. The normalized spacial score (nSPS) is 10.9. The summed E-state index contributed by atoms with van der Waals surface area (Å²) in [6, 6.07) is 8.14. The van der Waals surface area contributed by atoms with E-state index in [-0.39, 0.29) is 0 Å². The highest BCUT2D eigenvalue weighted by molar-refractivity contribution is 7.11. The van der Waals surface area contributed by atoms with E-state index in [0.29, 0.717) is 0 Å². The summed E-state index contributed by atoms with van der Waals surface area (Å²) in [6.07, 6.45) is 7.31. The Morgan fingerprint density at radius 3 is 0.947 bits per heavy atom. The van der Waals surface area contributed by atoms with Crippen LogP contribution in [-0.4, -0.2) is 9.97 Å². The van der Waals surface area contributed by atoms with Crippen molar-refractivity contribution in [3.05, 3.63) is 80.2 Å². The Balaban J connectivity index is 0.000000284. The molecular formula is C22H26Cl2N4O8S2. The predicted molar refractivity (Wildman–Crippen MR) is 116 cm³/mol. The topological polar surface area (TPSA) is 218 Å². The third-order valence-corrected chi connectivity index (χ3v) is 6.92. The number of aryl methyl sites for hydroxylation is 4. The minimum Gasteiger partial charge on any atom is -0.264 e. The first-order valence-corrected chi connectivity index (χ1v) is 14.5. The van der Waals surface area contributed by atoms with Gasteiger partial charge in [0, 0.05) is 76.7 Å². The van der Waals surface area contributed by atoms with Gasteiger partial charge in [0.1, 0.15) is 0 Å². The van der Waals surface area contributed by atoms with Gasteiger partial charge in [-0.3, -0.25) is 9.97 Å². The fraction of sp³-hybridized carbons (Fsp3) is 0.273. The number of aromatic nitrogens is 4. The van der Waals surface area contributed by atoms with Gasteiger partial charge in [-0.05, 0) is 13.8 Å². The second-order valence-corrected chi connectivity index (χ2v) is 11.7. The van der Waals surface area contributed by atoms with E-state index in [9.17, 15) is 0 Å². The van der Waals surface area contributed by atoms with Crippen molar-refractivity contribution in [3.8, 4) is 11.4 Å². The van der Waals surface area contributed by atoms with Gasteiger partial charge in [0.15, 0.2) is 11.4 Å². The quantitative estimate of drug-likeness (QED) is 0.197. The van der Waals surface area contributed by atoms with Crippen LogP contribution < -0.4 is 46.4 Å². The number of hydrogen-bond acceptors (Lipinski definition) is 12. The molecule has 38 heavy (non-hydrogen) atoms. The zero-order chi connectivity index (χ0) is 29.3. The molecule has 0 aromatic carbocycles. The summed E-state index contributed by atoms with van der Waals surface area (Å²) in [5, 5.41) is 2.62. The minimum absolute atomic E-state index is 1.19. The molecule has 0 aliphatic heterocycles. The number of rotatable bonds is 2. The summed E-state index contributed by atoms with van der Waals surface area (Å²) in [4.78, 5) is 10.8. The van der Waals surface area contributed by atoms with Crippen LogP contribution >= 0.6 is 22.7 Å². The van der Waals surface area contributed by atoms with Crippen molar-refractivity contribution in [1.82, 2.24) is 9.97 Å². The highest BCUT2D eigenvalue weighted by Crippen LogP contribution is 2.17. The molecule has 0 N–H and O–H groups in total. The highest BCUT2D eigenvalue weighted by atomic mass is 35.7. The van der Waals surface area contributed by atoms with Crippen LogP contribution in [0.25, 0.3) is 11.4 Å². The second kappa shape index (κ2) is 14.8. The highest BCUT2D eigenvalue weighted by Gasteiger charge is 2.20. The monoisotopic (exact) mass is 608 g/mol. The van der Waals surface area contributed by atoms with E-state index < -0.39 is 20.5 Å². The van der Waals surface area contributed by atoms with Crippen LogP contribution in [0.4, 0.5) is 0 Å². The molecule has 0 unspecified atom stereocenters. The molecule has 0 amide bonds. The Morgan fingerprint density at radius 1 is 0.526 bits per heavy atom. The van der Waals surface area contributed by atoms with E-state index in [1.165, 1.54) is 42.5 Å². The van der Waals surface area contributed by atoms with Crippen molar-refractivity contribution < 1.29 is 66.9 Å². The van der Waals surface area contributed by atoms with Crippen LogP contribution in [0.3, 0.4) is 0 Å². The maximum atomic E-state index is 8.49. The summed E-state index contributed by atoms with van der Waals surface area (Å²) in [6.45, 7) is 12.9. The van der Waals surface area contributed by atoms with Gasteiger partial charge < -0.3 is 0 Å². The van der Waals surface area contributed by atoms with Crippen LogP contribution in [0.5, 0.6) is 0 Å². The van der Waals surface area contributed by atoms with E-state index in [1.807, 2.05) is 71.7 Å². The van der Waals surface area contributed by atoms with Crippen LogP contribution in [0.2, 0.25) is 0 Å². The first-order chi connectivity index (χ1) is 17.4. The summed E-state index contributed by atoms with van der Waals surface area (Å²) >= 11 is 3.67. The number of halogens is 2. The lowest BCUT2D eigenvalue weighted by molar-refractivity contribution is -2.00. The van der Waals surface area contributed by atoms with Crippen molar-refractivity contribution in [2.45, 2.75) is 41.5 Å². The van der Waals surface area contributed by atoms with E-state index >= 15 is 0 Å². The lowest BCUT2D eigenvalue weighted by Crippen LogP contribution is -2.68. The van der Waals surface area contributed by atoms with Gasteiger partial charge in [-0.1, -0.05) is 22.7 Å². The largest absolute Gasteiger partial charge is 0.264 e. The molecule has 4 aromatic rings. The van der Waals surface area contributed by atoms with E-state index in [4.69, 9.17) is 37.3 Å². The fourth-order valence-corrected chi connectivity index (χ4v) is 5.24. The number of pyridine rings is 2. The molecule has 4 heterocycles. The molecule has 4 aromatic heterocycles. The molecular weight excluding hydrogens is 583 g/mol. The maximum absolute atomic E-state index is 8.49. The molecule has 0 atom stereocenters. The smallest absolute Gasteiger partial charge is 0.240 e. The van der Waals surface area contributed by atoms with Gasteiger partial charge in [0.05, 0.1) is 9.75 Å². The summed E-state index contributed by atoms with van der Waals surface area (Å²) in [5.41, 5.74) is 5.02. The second-order valence-electron chi connectivity index (χ2n) is 7.36. The van der Waals surface area contributed by atoms with Crippen LogP contribution in [0.1, 0.15) is 31.2 Å². The van der Waals surface area contributed by atoms with Crippen molar-refractivity contribution in [2.75, 3.05) is 0 Å². The molecule has 0 spiro atoms. The van der Waals surface area contributed by atoms with E-state index in [1.54, 1.807) is 0 Å². The third-order valence-electron chi connectivity index (χ3n) is 4.76. The maximum Gasteiger partial charge on any atom is 0.240 e. The van der Waals surface area contributed by atoms with Crippen LogP contribution in [0.15, 0.2) is 49.1 Å². The standard InChI is InChI=1S/2C11H13N2S.2ClHO4/c2*1-8-9(2)14-10(3)13(8)11-4-6-12-7-5-11;2*2-1(3,4)5/h2*4-7H,1-3H3;2*(H,2,3,4,5)/q2*+1;;/p-2. The summed E-state index contributed by atoms with van der Waals surface area (Å²) in [5.74, 6) is 0. The van der Waals surface area contributed by atoms with Crippen LogP contribution in [-0.2, 0) is 0 Å². The molecule has 0 bridgehead atoms. The molecule has 0 aliphatic carbocycles. The minimum atomic E-state index is -4.94. The van der Waals surface area contributed by atoms with Gasteiger partial charge in [-0.15, -0.1) is 20.5 Å². The SMILES string of the molecule is Cc1sc(C)[n+](-c2ccncc2)c1C.Cc1sc(C)[n+](-c2ccncc2)c1C.[O-][Cl+3]([O-])([O-])[O-].[O-][Cl+3]([O-])([O-])[O-]. The predicted octanol–water partition coefficient (Wildman–Crippen LogP) is -4.82. The Hall–Kier alpha value is -2.18. The molecule has 16 heteroatoms. The summed E-state index contributed by atoms with van der Waals surface area (Å²) in [7, 11) is -9.89. The van der Waals surface area contributed by atoms with Crippen molar-refractivity contribution >= 4 is 22.7 Å². The Labute approximate surface area is 232 Å². The lowest BCUT2D eigenvalue weighted by Gasteiger charge is -2.17. The summed E-state index contributed by atoms with van der Waals surface area (Å²) < 4.78 is 72.5. The number of thiazole rings is 2. The van der Waals surface area contributed by atoms with Crippen molar-refractivity contribution in [2.24, 2.45) is 0 Å². The first-order valence-electron chi connectivity index (χ1n) is 10.4. The van der Waals surface area contributed by atoms with Gasteiger partial charge in [0.2, 0.25) is 21.4 Å². The molecule has 12 nitrogen and oxygen atoms in total. The average molecular weight is 610 g/mol. The molecule has 0 aliphatic rings. The van der Waals surface area contributed by atoms with Gasteiger partial charge in [-0.2, -0.15) is 9.13 Å². The van der Waals surface area contributed by atoms with Crippen LogP contribution in [0, 0.1) is 62.0 Å². The molecule has 4 rings (SSSR count). The molecule has 0 saturated heterocycles.